The maximum absolute atomic E-state index is 5.94. The van der Waals surface area contributed by atoms with Crippen molar-refractivity contribution in [3.8, 4) is 10.6 Å². The number of thiazole rings is 1. The van der Waals surface area contributed by atoms with Crippen molar-refractivity contribution >= 4 is 22.9 Å². The minimum Gasteiger partial charge on any atom is -0.371 e. The summed E-state index contributed by atoms with van der Waals surface area (Å²) in [5, 5.41) is 3.02. The van der Waals surface area contributed by atoms with E-state index in [4.69, 9.17) is 16.3 Å². The SMILES string of the molecule is CCC(C)(C)OCc1cccc(-c2nc(CCl)cs2)c1. The lowest BCUT2D eigenvalue weighted by Crippen LogP contribution is -2.22. The highest BCUT2D eigenvalue weighted by Gasteiger charge is 2.15. The Morgan fingerprint density at radius 1 is 1.35 bits per heavy atom. The van der Waals surface area contributed by atoms with Crippen molar-refractivity contribution in [2.75, 3.05) is 0 Å². The second-order valence-corrected chi connectivity index (χ2v) is 6.51. The van der Waals surface area contributed by atoms with Crippen LogP contribution in [0.4, 0.5) is 0 Å². The van der Waals surface area contributed by atoms with E-state index in [1.54, 1.807) is 11.3 Å². The summed E-state index contributed by atoms with van der Waals surface area (Å²) in [7, 11) is 0. The molecule has 0 aliphatic heterocycles. The Balaban J connectivity index is 2.11. The van der Waals surface area contributed by atoms with Gasteiger partial charge in [-0.05, 0) is 31.9 Å². The molecule has 0 atom stereocenters. The standard InChI is InChI=1S/C16H20ClNOS/c1-4-16(2,3)19-10-12-6-5-7-13(8-12)15-18-14(9-17)11-20-15/h5-8,11H,4,9-10H2,1-3H3. The summed E-state index contributed by atoms with van der Waals surface area (Å²) in [5.74, 6) is 0.462. The van der Waals surface area contributed by atoms with Gasteiger partial charge in [0.05, 0.1) is 23.8 Å². The van der Waals surface area contributed by atoms with Crippen LogP contribution in [0.2, 0.25) is 0 Å². The van der Waals surface area contributed by atoms with Gasteiger partial charge in [0.15, 0.2) is 0 Å². The van der Waals surface area contributed by atoms with Gasteiger partial charge >= 0.3 is 0 Å². The van der Waals surface area contributed by atoms with Crippen LogP contribution >= 0.6 is 22.9 Å². The maximum Gasteiger partial charge on any atom is 0.123 e. The Morgan fingerprint density at radius 2 is 2.15 bits per heavy atom. The fourth-order valence-corrected chi connectivity index (χ4v) is 2.72. The molecule has 20 heavy (non-hydrogen) atoms. The highest BCUT2D eigenvalue weighted by molar-refractivity contribution is 7.13. The number of aromatic nitrogens is 1. The summed E-state index contributed by atoms with van der Waals surface area (Å²) < 4.78 is 5.94. The van der Waals surface area contributed by atoms with Gasteiger partial charge in [-0.1, -0.05) is 25.1 Å². The molecule has 0 spiro atoms. The number of rotatable bonds is 6. The molecule has 0 amide bonds. The van der Waals surface area contributed by atoms with E-state index < -0.39 is 0 Å². The average Bonchev–Trinajstić information content (AvgIpc) is 2.95. The van der Waals surface area contributed by atoms with Crippen molar-refractivity contribution in [1.29, 1.82) is 0 Å². The topological polar surface area (TPSA) is 22.1 Å². The Labute approximate surface area is 129 Å². The molecule has 0 saturated heterocycles. The molecule has 2 aromatic rings. The van der Waals surface area contributed by atoms with Crippen LogP contribution in [0.5, 0.6) is 0 Å². The molecule has 2 nitrogen and oxygen atoms in total. The predicted molar refractivity (Wildman–Crippen MR) is 86.3 cm³/mol. The Morgan fingerprint density at radius 3 is 2.80 bits per heavy atom. The van der Waals surface area contributed by atoms with Crippen molar-refractivity contribution in [1.82, 2.24) is 4.98 Å². The van der Waals surface area contributed by atoms with Gasteiger partial charge in [-0.3, -0.25) is 0 Å². The number of benzene rings is 1. The molecule has 0 aliphatic rings. The monoisotopic (exact) mass is 309 g/mol. The first-order valence-corrected chi connectivity index (χ1v) is 8.19. The fourth-order valence-electron chi connectivity index (χ4n) is 1.68. The van der Waals surface area contributed by atoms with E-state index in [9.17, 15) is 0 Å². The first-order chi connectivity index (χ1) is 9.54. The Hall–Kier alpha value is -0.900. The molecule has 0 saturated carbocycles. The number of hydrogen-bond acceptors (Lipinski definition) is 3. The molecule has 0 radical (unpaired) electrons. The second kappa shape index (κ2) is 6.70. The third kappa shape index (κ3) is 4.05. The Kier molecular flexibility index (Phi) is 5.19. The van der Waals surface area contributed by atoms with E-state index in [1.165, 1.54) is 5.56 Å². The lowest BCUT2D eigenvalue weighted by Gasteiger charge is -2.23. The largest absolute Gasteiger partial charge is 0.371 e. The van der Waals surface area contributed by atoms with Crippen LogP contribution in [-0.4, -0.2) is 10.6 Å². The third-order valence-corrected chi connectivity index (χ3v) is 4.56. The van der Waals surface area contributed by atoms with Gasteiger partial charge in [-0.15, -0.1) is 22.9 Å². The summed E-state index contributed by atoms with van der Waals surface area (Å²) >= 11 is 7.43. The number of alkyl halides is 1. The first kappa shape index (κ1) is 15.5. The summed E-state index contributed by atoms with van der Waals surface area (Å²) in [6.07, 6.45) is 0.998. The maximum atomic E-state index is 5.94. The summed E-state index contributed by atoms with van der Waals surface area (Å²) in [6, 6.07) is 8.36. The summed E-state index contributed by atoms with van der Waals surface area (Å²) in [6.45, 7) is 7.00. The van der Waals surface area contributed by atoms with E-state index in [1.807, 2.05) is 5.38 Å². The Bertz CT molecular complexity index is 565. The lowest BCUT2D eigenvalue weighted by molar-refractivity contribution is -0.0316. The van der Waals surface area contributed by atoms with Gasteiger partial charge in [-0.2, -0.15) is 0 Å². The van der Waals surface area contributed by atoms with Gasteiger partial charge in [0, 0.05) is 10.9 Å². The number of hydrogen-bond donors (Lipinski definition) is 0. The van der Waals surface area contributed by atoms with Crippen LogP contribution in [0.25, 0.3) is 10.6 Å². The van der Waals surface area contributed by atoms with Crippen LogP contribution in [0, 0.1) is 0 Å². The number of halogens is 1. The molecule has 2 rings (SSSR count). The molecule has 0 unspecified atom stereocenters. The highest BCUT2D eigenvalue weighted by Crippen LogP contribution is 2.26. The van der Waals surface area contributed by atoms with Crippen molar-refractivity contribution in [3.05, 3.63) is 40.9 Å². The van der Waals surface area contributed by atoms with Crippen molar-refractivity contribution in [2.45, 2.75) is 45.3 Å². The predicted octanol–water partition coefficient (Wildman–Crippen LogP) is 5.25. The second-order valence-electron chi connectivity index (χ2n) is 5.38. The normalized spacial score (nSPS) is 11.8. The molecule has 1 heterocycles. The van der Waals surface area contributed by atoms with E-state index >= 15 is 0 Å². The van der Waals surface area contributed by atoms with Crippen molar-refractivity contribution < 1.29 is 4.74 Å². The molecule has 0 bridgehead atoms. The molecular weight excluding hydrogens is 290 g/mol. The first-order valence-electron chi connectivity index (χ1n) is 6.77. The number of ether oxygens (including phenoxy) is 1. The third-order valence-electron chi connectivity index (χ3n) is 3.34. The van der Waals surface area contributed by atoms with Gasteiger partial charge < -0.3 is 4.74 Å². The quantitative estimate of drug-likeness (QED) is 0.679. The van der Waals surface area contributed by atoms with Crippen molar-refractivity contribution in [2.24, 2.45) is 0 Å². The van der Waals surface area contributed by atoms with Gasteiger partial charge in [0.25, 0.3) is 0 Å². The summed E-state index contributed by atoms with van der Waals surface area (Å²) in [4.78, 5) is 4.51. The smallest absolute Gasteiger partial charge is 0.123 e. The van der Waals surface area contributed by atoms with Crippen LogP contribution < -0.4 is 0 Å². The average molecular weight is 310 g/mol. The van der Waals surface area contributed by atoms with Crippen LogP contribution in [0.3, 0.4) is 0 Å². The lowest BCUT2D eigenvalue weighted by atomic mass is 10.1. The zero-order valence-electron chi connectivity index (χ0n) is 12.1. The fraction of sp³-hybridized carbons (Fsp3) is 0.438. The van der Waals surface area contributed by atoms with Crippen LogP contribution in [-0.2, 0) is 17.2 Å². The van der Waals surface area contributed by atoms with Gasteiger partial charge in [0.1, 0.15) is 5.01 Å². The molecule has 0 aliphatic carbocycles. The van der Waals surface area contributed by atoms with Crippen LogP contribution in [0.15, 0.2) is 29.6 Å². The molecule has 1 aromatic carbocycles. The molecule has 4 heteroatoms. The van der Waals surface area contributed by atoms with E-state index in [-0.39, 0.29) is 5.60 Å². The van der Waals surface area contributed by atoms with E-state index in [0.717, 1.165) is 22.7 Å². The van der Waals surface area contributed by atoms with E-state index in [0.29, 0.717) is 12.5 Å². The molecule has 1 aromatic heterocycles. The molecule has 108 valence electrons. The molecule has 0 N–H and O–H groups in total. The summed E-state index contributed by atoms with van der Waals surface area (Å²) in [5.41, 5.74) is 3.15. The van der Waals surface area contributed by atoms with Gasteiger partial charge in [-0.25, -0.2) is 4.98 Å². The molecular formula is C16H20ClNOS. The molecule has 0 fully saturated rings. The van der Waals surface area contributed by atoms with E-state index in [2.05, 4.69) is 50.0 Å². The highest BCUT2D eigenvalue weighted by atomic mass is 35.5. The van der Waals surface area contributed by atoms with Gasteiger partial charge in [0.2, 0.25) is 0 Å². The zero-order valence-corrected chi connectivity index (χ0v) is 13.7. The minimum atomic E-state index is -0.0804. The zero-order chi connectivity index (χ0) is 14.6. The van der Waals surface area contributed by atoms with Crippen LogP contribution in [0.1, 0.15) is 38.4 Å². The van der Waals surface area contributed by atoms with Crippen molar-refractivity contribution in [3.63, 3.8) is 0 Å². The minimum absolute atomic E-state index is 0.0804. The number of nitrogens with zero attached hydrogens (tertiary/aromatic N) is 1.